The lowest BCUT2D eigenvalue weighted by atomic mass is 10.1. The molecule has 1 N–H and O–H groups in total. The minimum absolute atomic E-state index is 0.108. The summed E-state index contributed by atoms with van der Waals surface area (Å²) in [6.07, 6.45) is 0. The Morgan fingerprint density at radius 1 is 1.32 bits per heavy atom. The van der Waals surface area contributed by atoms with Gasteiger partial charge in [0.1, 0.15) is 5.82 Å². The van der Waals surface area contributed by atoms with Crippen molar-refractivity contribution in [3.63, 3.8) is 0 Å². The van der Waals surface area contributed by atoms with E-state index in [1.54, 1.807) is 17.9 Å². The van der Waals surface area contributed by atoms with Crippen molar-refractivity contribution in [2.45, 2.75) is 6.92 Å². The van der Waals surface area contributed by atoms with Gasteiger partial charge in [-0.3, -0.25) is 9.69 Å². The molecule has 1 fully saturated rings. The molecule has 0 unspecified atom stereocenters. The van der Waals surface area contributed by atoms with Crippen LogP contribution >= 0.6 is 0 Å². The van der Waals surface area contributed by atoms with Crippen LogP contribution in [0.15, 0.2) is 18.2 Å². The first-order chi connectivity index (χ1) is 10.6. The van der Waals surface area contributed by atoms with Crippen molar-refractivity contribution in [1.29, 1.82) is 0 Å². The van der Waals surface area contributed by atoms with Crippen LogP contribution < -0.4 is 0 Å². The molecule has 2 rings (SSSR count). The van der Waals surface area contributed by atoms with E-state index in [0.717, 1.165) is 19.6 Å². The average molecular weight is 310 g/mol. The molecular weight excluding hydrogens is 287 g/mol. The Kier molecular flexibility index (Phi) is 6.30. The lowest BCUT2D eigenvalue weighted by Gasteiger charge is -2.30. The van der Waals surface area contributed by atoms with E-state index < -0.39 is 5.82 Å². The van der Waals surface area contributed by atoms with E-state index in [2.05, 4.69) is 4.90 Å². The molecular formula is C16H23FN2O3. The Morgan fingerprint density at radius 3 is 2.68 bits per heavy atom. The fourth-order valence-electron chi connectivity index (χ4n) is 2.56. The molecule has 1 amide bonds. The van der Waals surface area contributed by atoms with Crippen molar-refractivity contribution in [1.82, 2.24) is 9.80 Å². The summed E-state index contributed by atoms with van der Waals surface area (Å²) in [7, 11) is 0. The van der Waals surface area contributed by atoms with Gasteiger partial charge in [-0.25, -0.2) is 4.39 Å². The van der Waals surface area contributed by atoms with Crippen molar-refractivity contribution < 1.29 is 19.0 Å². The SMILES string of the molecule is Cc1cc(F)cc(C(=O)N(CCO)CCN2CCOCC2)c1. The highest BCUT2D eigenvalue weighted by Gasteiger charge is 2.18. The fourth-order valence-corrected chi connectivity index (χ4v) is 2.56. The van der Waals surface area contributed by atoms with Crippen LogP contribution in [0.5, 0.6) is 0 Å². The van der Waals surface area contributed by atoms with Crippen molar-refractivity contribution in [3.05, 3.63) is 35.1 Å². The molecule has 0 saturated carbocycles. The van der Waals surface area contributed by atoms with E-state index in [9.17, 15) is 14.3 Å². The number of aliphatic hydroxyl groups excluding tert-OH is 1. The van der Waals surface area contributed by atoms with E-state index in [0.29, 0.717) is 30.9 Å². The summed E-state index contributed by atoms with van der Waals surface area (Å²) in [5, 5.41) is 9.18. The molecule has 1 aromatic rings. The van der Waals surface area contributed by atoms with E-state index >= 15 is 0 Å². The maximum Gasteiger partial charge on any atom is 0.254 e. The number of hydrogen-bond donors (Lipinski definition) is 1. The third kappa shape index (κ3) is 4.76. The fraction of sp³-hybridized carbons (Fsp3) is 0.562. The third-order valence-electron chi connectivity index (χ3n) is 3.74. The minimum atomic E-state index is -0.416. The number of ether oxygens (including phenoxy) is 1. The van der Waals surface area contributed by atoms with Gasteiger partial charge < -0.3 is 14.7 Å². The number of aryl methyl sites for hydroxylation is 1. The molecule has 6 heteroatoms. The molecule has 22 heavy (non-hydrogen) atoms. The first-order valence-electron chi connectivity index (χ1n) is 7.57. The number of benzene rings is 1. The highest BCUT2D eigenvalue weighted by Crippen LogP contribution is 2.11. The number of carbonyl (C=O) groups excluding carboxylic acids is 1. The largest absolute Gasteiger partial charge is 0.395 e. The van der Waals surface area contributed by atoms with Crippen molar-refractivity contribution in [2.24, 2.45) is 0 Å². The van der Waals surface area contributed by atoms with Crippen LogP contribution in [-0.4, -0.2) is 73.4 Å². The summed E-state index contributed by atoms with van der Waals surface area (Å²) in [5.41, 5.74) is 1.04. The molecule has 1 saturated heterocycles. The molecule has 1 aromatic carbocycles. The molecule has 1 aliphatic rings. The molecule has 0 radical (unpaired) electrons. The zero-order valence-electron chi connectivity index (χ0n) is 12.9. The predicted molar refractivity (Wildman–Crippen MR) is 81.4 cm³/mol. The summed E-state index contributed by atoms with van der Waals surface area (Å²) in [4.78, 5) is 16.3. The van der Waals surface area contributed by atoms with Gasteiger partial charge in [0.2, 0.25) is 0 Å². The minimum Gasteiger partial charge on any atom is -0.395 e. The van der Waals surface area contributed by atoms with Crippen LogP contribution in [0, 0.1) is 12.7 Å². The highest BCUT2D eigenvalue weighted by atomic mass is 19.1. The molecule has 0 bridgehead atoms. The topological polar surface area (TPSA) is 53.0 Å². The summed E-state index contributed by atoms with van der Waals surface area (Å²) in [5.74, 6) is -0.662. The van der Waals surface area contributed by atoms with Gasteiger partial charge >= 0.3 is 0 Å². The van der Waals surface area contributed by atoms with Gasteiger partial charge in [0.15, 0.2) is 0 Å². The second-order valence-corrected chi connectivity index (χ2v) is 5.49. The number of amides is 1. The van der Waals surface area contributed by atoms with E-state index in [1.165, 1.54) is 12.1 Å². The van der Waals surface area contributed by atoms with Crippen molar-refractivity contribution in [3.8, 4) is 0 Å². The van der Waals surface area contributed by atoms with Crippen LogP contribution in [0.2, 0.25) is 0 Å². The van der Waals surface area contributed by atoms with Gasteiger partial charge in [0.05, 0.1) is 19.8 Å². The Morgan fingerprint density at radius 2 is 2.05 bits per heavy atom. The number of morpholine rings is 1. The molecule has 0 spiro atoms. The number of carbonyl (C=O) groups is 1. The Bertz CT molecular complexity index is 484. The van der Waals surface area contributed by atoms with Crippen LogP contribution in [-0.2, 0) is 4.74 Å². The average Bonchev–Trinajstić information content (AvgIpc) is 2.51. The van der Waals surface area contributed by atoms with Gasteiger partial charge in [0, 0.05) is 38.3 Å². The van der Waals surface area contributed by atoms with E-state index in [1.807, 2.05) is 0 Å². The van der Waals surface area contributed by atoms with Crippen molar-refractivity contribution in [2.75, 3.05) is 52.5 Å². The number of nitrogens with zero attached hydrogens (tertiary/aromatic N) is 2. The summed E-state index contributed by atoms with van der Waals surface area (Å²) >= 11 is 0. The molecule has 1 aliphatic heterocycles. The van der Waals surface area contributed by atoms with Crippen LogP contribution in [0.1, 0.15) is 15.9 Å². The zero-order chi connectivity index (χ0) is 15.9. The number of rotatable bonds is 6. The quantitative estimate of drug-likeness (QED) is 0.848. The van der Waals surface area contributed by atoms with Crippen LogP contribution in [0.3, 0.4) is 0 Å². The predicted octanol–water partition coefficient (Wildman–Crippen LogP) is 0.901. The van der Waals surface area contributed by atoms with Gasteiger partial charge in [0.25, 0.3) is 5.91 Å². The Balaban J connectivity index is 2.00. The van der Waals surface area contributed by atoms with Crippen LogP contribution in [0.25, 0.3) is 0 Å². The van der Waals surface area contributed by atoms with Crippen molar-refractivity contribution >= 4 is 5.91 Å². The molecule has 5 nitrogen and oxygen atoms in total. The monoisotopic (exact) mass is 310 g/mol. The van der Waals surface area contributed by atoms with Gasteiger partial charge in [-0.2, -0.15) is 0 Å². The first-order valence-corrected chi connectivity index (χ1v) is 7.57. The second-order valence-electron chi connectivity index (χ2n) is 5.49. The van der Waals surface area contributed by atoms with Gasteiger partial charge in [-0.15, -0.1) is 0 Å². The molecule has 0 aliphatic carbocycles. The maximum atomic E-state index is 13.5. The maximum absolute atomic E-state index is 13.5. The number of hydrogen-bond acceptors (Lipinski definition) is 4. The zero-order valence-corrected chi connectivity index (χ0v) is 12.9. The highest BCUT2D eigenvalue weighted by molar-refractivity contribution is 5.94. The second kappa shape index (κ2) is 8.22. The van der Waals surface area contributed by atoms with Gasteiger partial charge in [-0.1, -0.05) is 0 Å². The lowest BCUT2D eigenvalue weighted by molar-refractivity contribution is 0.0315. The Labute approximate surface area is 130 Å². The molecule has 0 atom stereocenters. The molecule has 1 heterocycles. The smallest absolute Gasteiger partial charge is 0.254 e. The van der Waals surface area contributed by atoms with Gasteiger partial charge in [-0.05, 0) is 30.7 Å². The summed E-state index contributed by atoms with van der Waals surface area (Å²) in [6.45, 7) is 6.23. The van der Waals surface area contributed by atoms with E-state index in [4.69, 9.17) is 4.74 Å². The Hall–Kier alpha value is -1.50. The van der Waals surface area contributed by atoms with Crippen LogP contribution in [0.4, 0.5) is 4.39 Å². The number of halogens is 1. The normalized spacial score (nSPS) is 15.8. The lowest BCUT2D eigenvalue weighted by Crippen LogP contribution is -2.43. The third-order valence-corrected chi connectivity index (χ3v) is 3.74. The van der Waals surface area contributed by atoms with E-state index in [-0.39, 0.29) is 19.1 Å². The molecule has 122 valence electrons. The number of aliphatic hydroxyl groups is 1. The summed E-state index contributed by atoms with van der Waals surface area (Å²) in [6, 6.07) is 4.31. The molecule has 0 aromatic heterocycles. The standard InChI is InChI=1S/C16H23FN2O3/c1-13-10-14(12-15(17)11-13)16(21)19(4-7-20)3-2-18-5-8-22-9-6-18/h10-12,20H,2-9H2,1H3. The first kappa shape index (κ1) is 16.9. The summed E-state index contributed by atoms with van der Waals surface area (Å²) < 4.78 is 18.8.